The maximum atomic E-state index is 12.8. The minimum Gasteiger partial charge on any atom is -0.325 e. The molecule has 1 amide bonds. The average molecular weight is 496 g/mol. The third-order valence-corrected chi connectivity index (χ3v) is 6.64. The summed E-state index contributed by atoms with van der Waals surface area (Å²) in [5, 5.41) is 3.39. The number of alkyl halides is 3. The maximum absolute atomic E-state index is 12.8. The van der Waals surface area contributed by atoms with Crippen molar-refractivity contribution in [3.63, 3.8) is 0 Å². The van der Waals surface area contributed by atoms with Crippen molar-refractivity contribution in [1.29, 1.82) is 0 Å². The molecule has 0 radical (unpaired) electrons. The molecule has 3 aromatic carbocycles. The first-order chi connectivity index (χ1) is 16.6. The summed E-state index contributed by atoms with van der Waals surface area (Å²) in [5.74, 6) is -0.253. The van der Waals surface area contributed by atoms with E-state index >= 15 is 0 Å². The van der Waals surface area contributed by atoms with Gasteiger partial charge in [-0.05, 0) is 73.9 Å². The molecule has 1 aliphatic rings. The summed E-state index contributed by atoms with van der Waals surface area (Å²) in [6, 6.07) is 16.5. The van der Waals surface area contributed by atoms with E-state index in [9.17, 15) is 18.0 Å². The van der Waals surface area contributed by atoms with Gasteiger partial charge in [0.05, 0.1) is 33.4 Å². The number of carbonyl (C=O) groups is 1. The Morgan fingerprint density at radius 2 is 1.51 bits per heavy atom. The van der Waals surface area contributed by atoms with E-state index in [2.05, 4.69) is 5.32 Å². The highest BCUT2D eigenvalue weighted by Crippen LogP contribution is 2.36. The first-order valence-corrected chi connectivity index (χ1v) is 12.0. The lowest BCUT2D eigenvalue weighted by Gasteiger charge is -2.10. The predicted molar refractivity (Wildman–Crippen MR) is 138 cm³/mol. The number of aliphatic imine (C=N–C) groups is 2. The molecular weight excluding hydrogens is 471 g/mol. The van der Waals surface area contributed by atoms with Crippen LogP contribution in [0.25, 0.3) is 0 Å². The Bertz CT molecular complexity index is 1310. The number of nitrogens with zero attached hydrogens (tertiary/aromatic N) is 2. The molecule has 0 spiro atoms. The monoisotopic (exact) mass is 495 g/mol. The van der Waals surface area contributed by atoms with Crippen molar-refractivity contribution in [3.05, 3.63) is 88.5 Å². The van der Waals surface area contributed by atoms with Crippen LogP contribution in [0.3, 0.4) is 0 Å². The number of benzene rings is 3. The van der Waals surface area contributed by atoms with Crippen molar-refractivity contribution in [2.24, 2.45) is 9.98 Å². The number of thioether (sulfide) groups is 1. The van der Waals surface area contributed by atoms with Crippen molar-refractivity contribution < 1.29 is 18.0 Å². The van der Waals surface area contributed by atoms with Crippen LogP contribution in [0.15, 0.2) is 70.6 Å². The fourth-order valence-corrected chi connectivity index (χ4v) is 4.32. The number of nitrogens with one attached hydrogen (secondary N) is 1. The average Bonchev–Trinajstić information content (AvgIpc) is 2.97. The first-order valence-electron chi connectivity index (χ1n) is 11.0. The summed E-state index contributed by atoms with van der Waals surface area (Å²) in [5.41, 5.74) is 6.32. The molecule has 4 nitrogen and oxygen atoms in total. The van der Waals surface area contributed by atoms with Gasteiger partial charge in [0, 0.05) is 12.1 Å². The normalized spacial score (nSPS) is 13.4. The van der Waals surface area contributed by atoms with E-state index in [0.29, 0.717) is 12.1 Å². The van der Waals surface area contributed by atoms with Gasteiger partial charge in [-0.25, -0.2) is 4.99 Å². The van der Waals surface area contributed by atoms with Gasteiger partial charge in [-0.1, -0.05) is 29.8 Å². The second kappa shape index (κ2) is 10.1. The molecule has 0 saturated heterocycles. The maximum Gasteiger partial charge on any atom is 0.416 e. The molecule has 0 aromatic heterocycles. The van der Waals surface area contributed by atoms with Crippen LogP contribution < -0.4 is 5.32 Å². The molecule has 1 N–H and O–H groups in total. The highest BCUT2D eigenvalue weighted by molar-refractivity contribution is 8.14. The Morgan fingerprint density at radius 3 is 2.11 bits per heavy atom. The van der Waals surface area contributed by atoms with Gasteiger partial charge in [0.15, 0.2) is 0 Å². The molecule has 0 aliphatic carbocycles. The molecule has 35 heavy (non-hydrogen) atoms. The molecule has 1 aliphatic heterocycles. The Kier molecular flexibility index (Phi) is 7.12. The van der Waals surface area contributed by atoms with Crippen molar-refractivity contribution in [3.8, 4) is 0 Å². The van der Waals surface area contributed by atoms with E-state index in [4.69, 9.17) is 9.98 Å². The van der Waals surface area contributed by atoms with Crippen LogP contribution in [-0.4, -0.2) is 22.4 Å². The lowest BCUT2D eigenvalue weighted by Crippen LogP contribution is -2.16. The summed E-state index contributed by atoms with van der Waals surface area (Å²) < 4.78 is 38.3. The minimum absolute atomic E-state index is 0.0706. The molecule has 0 saturated carbocycles. The van der Waals surface area contributed by atoms with E-state index in [0.717, 1.165) is 56.5 Å². The van der Waals surface area contributed by atoms with E-state index in [-0.39, 0.29) is 11.7 Å². The van der Waals surface area contributed by atoms with Crippen molar-refractivity contribution in [2.45, 2.75) is 33.4 Å². The van der Waals surface area contributed by atoms with Crippen LogP contribution in [0.2, 0.25) is 0 Å². The fraction of sp³-hybridized carbons (Fsp3) is 0.222. The Labute approximate surface area is 206 Å². The SMILES string of the molecule is Cc1ccc(C2=Nc3cc(C)c(C)cc3N=C(SCC(=O)Nc3ccc(C(F)(F)F)cc3)C2)cc1. The zero-order valence-corrected chi connectivity index (χ0v) is 20.3. The minimum atomic E-state index is -4.42. The Morgan fingerprint density at radius 1 is 0.914 bits per heavy atom. The largest absolute Gasteiger partial charge is 0.416 e. The molecule has 0 unspecified atom stereocenters. The molecule has 180 valence electrons. The molecule has 1 heterocycles. The van der Waals surface area contributed by atoms with E-state index in [1.807, 2.05) is 57.2 Å². The Balaban J connectivity index is 1.52. The van der Waals surface area contributed by atoms with Gasteiger partial charge in [0.2, 0.25) is 5.91 Å². The summed E-state index contributed by atoms with van der Waals surface area (Å²) in [6.07, 6.45) is -3.95. The van der Waals surface area contributed by atoms with Crippen LogP contribution in [0.1, 0.15) is 34.2 Å². The number of rotatable bonds is 4. The molecule has 3 aromatic rings. The van der Waals surface area contributed by atoms with Crippen molar-refractivity contribution in [2.75, 3.05) is 11.1 Å². The summed E-state index contributed by atoms with van der Waals surface area (Å²) in [7, 11) is 0. The van der Waals surface area contributed by atoms with Gasteiger partial charge in [0.25, 0.3) is 0 Å². The fourth-order valence-electron chi connectivity index (χ4n) is 3.55. The topological polar surface area (TPSA) is 53.8 Å². The molecule has 0 bridgehead atoms. The number of aryl methyl sites for hydroxylation is 3. The quantitative estimate of drug-likeness (QED) is 0.406. The van der Waals surface area contributed by atoms with Crippen LogP contribution in [0.5, 0.6) is 0 Å². The molecule has 8 heteroatoms. The molecular formula is C27H24F3N3OS. The summed E-state index contributed by atoms with van der Waals surface area (Å²) in [4.78, 5) is 22.2. The lowest BCUT2D eigenvalue weighted by atomic mass is 10.1. The smallest absolute Gasteiger partial charge is 0.325 e. The number of hydrogen-bond acceptors (Lipinski definition) is 4. The standard InChI is InChI=1S/C27H24F3N3OS/c1-16-4-6-19(7-5-16)22-14-26(33-24-13-18(3)17(2)12-23(24)32-22)35-15-25(34)31-21-10-8-20(9-11-21)27(28,29)30/h4-13H,14-15H2,1-3H3,(H,31,34). The first kappa shape index (κ1) is 24.7. The van der Waals surface area contributed by atoms with Crippen LogP contribution in [0, 0.1) is 20.8 Å². The summed E-state index contributed by atoms with van der Waals surface area (Å²) in [6.45, 7) is 6.08. The van der Waals surface area contributed by atoms with Gasteiger partial charge in [-0.2, -0.15) is 13.2 Å². The number of fused-ring (bicyclic) bond motifs is 1. The van der Waals surface area contributed by atoms with Gasteiger partial charge in [-0.15, -0.1) is 11.8 Å². The van der Waals surface area contributed by atoms with E-state index in [1.165, 1.54) is 23.9 Å². The highest BCUT2D eigenvalue weighted by atomic mass is 32.2. The third kappa shape index (κ3) is 6.19. The zero-order chi connectivity index (χ0) is 25.2. The van der Waals surface area contributed by atoms with Gasteiger partial charge in [-0.3, -0.25) is 9.79 Å². The number of amides is 1. The summed E-state index contributed by atoms with van der Waals surface area (Å²) >= 11 is 1.30. The van der Waals surface area contributed by atoms with E-state index < -0.39 is 11.7 Å². The zero-order valence-electron chi connectivity index (χ0n) is 19.5. The van der Waals surface area contributed by atoms with Gasteiger partial charge in [0.1, 0.15) is 0 Å². The number of anilines is 1. The Hall–Kier alpha value is -3.39. The number of carbonyl (C=O) groups excluding carboxylic acids is 1. The predicted octanol–water partition coefficient (Wildman–Crippen LogP) is 7.56. The second-order valence-corrected chi connectivity index (χ2v) is 9.49. The molecule has 0 atom stereocenters. The van der Waals surface area contributed by atoms with Crippen molar-refractivity contribution in [1.82, 2.24) is 0 Å². The van der Waals surface area contributed by atoms with Crippen LogP contribution in [-0.2, 0) is 11.0 Å². The number of hydrogen-bond donors (Lipinski definition) is 1. The van der Waals surface area contributed by atoms with Crippen LogP contribution in [0.4, 0.5) is 30.2 Å². The van der Waals surface area contributed by atoms with Gasteiger partial charge >= 0.3 is 6.18 Å². The molecule has 0 fully saturated rings. The number of halogens is 3. The van der Waals surface area contributed by atoms with Gasteiger partial charge < -0.3 is 5.32 Å². The van der Waals surface area contributed by atoms with E-state index in [1.54, 1.807) is 0 Å². The molecule has 4 rings (SSSR count). The second-order valence-electron chi connectivity index (χ2n) is 8.44. The lowest BCUT2D eigenvalue weighted by molar-refractivity contribution is -0.137. The highest BCUT2D eigenvalue weighted by Gasteiger charge is 2.30. The van der Waals surface area contributed by atoms with Crippen LogP contribution >= 0.6 is 11.8 Å². The van der Waals surface area contributed by atoms with Crippen molar-refractivity contribution >= 4 is 45.5 Å². The third-order valence-electron chi connectivity index (χ3n) is 5.66.